The third-order valence-electron chi connectivity index (χ3n) is 7.94. The summed E-state index contributed by atoms with van der Waals surface area (Å²) in [6.45, 7) is 1.54. The zero-order valence-corrected chi connectivity index (χ0v) is 17.4. The maximum Gasteiger partial charge on any atom is 0.251 e. The SMILES string of the molecule is COc1cccc(C(=O)NC2CCN(C(=O)C34CC5CC(CC(C5)C3)C4)CC2)c1. The Hall–Kier alpha value is -2.04. The standard InChI is InChI=1S/C24H32N2O3/c1-29-21-4-2-3-19(12-21)22(27)25-20-5-7-26(8-6-20)23(28)24-13-16-9-17(14-24)11-18(10-16)15-24/h2-4,12,16-18,20H,5-11,13-15H2,1H3,(H,25,27). The molecule has 4 aliphatic carbocycles. The summed E-state index contributed by atoms with van der Waals surface area (Å²) >= 11 is 0. The quantitative estimate of drug-likeness (QED) is 0.845. The van der Waals surface area contributed by atoms with Gasteiger partial charge in [0.1, 0.15) is 5.75 Å². The van der Waals surface area contributed by atoms with Crippen molar-refractivity contribution < 1.29 is 14.3 Å². The van der Waals surface area contributed by atoms with Gasteiger partial charge >= 0.3 is 0 Å². The molecule has 2 amide bonds. The van der Waals surface area contributed by atoms with Gasteiger partial charge in [-0.25, -0.2) is 0 Å². The minimum absolute atomic E-state index is 0.0502. The Bertz CT molecular complexity index is 762. The van der Waals surface area contributed by atoms with Gasteiger partial charge in [0.05, 0.1) is 12.5 Å². The van der Waals surface area contributed by atoms with Gasteiger partial charge in [-0.05, 0) is 87.3 Å². The maximum atomic E-state index is 13.5. The average Bonchev–Trinajstić information content (AvgIpc) is 2.73. The highest BCUT2D eigenvalue weighted by Crippen LogP contribution is 2.60. The second-order valence-electron chi connectivity index (χ2n) is 9.97. The molecule has 1 N–H and O–H groups in total. The van der Waals surface area contributed by atoms with Crippen LogP contribution in [0.1, 0.15) is 61.7 Å². The smallest absolute Gasteiger partial charge is 0.251 e. The van der Waals surface area contributed by atoms with E-state index in [1.807, 2.05) is 18.2 Å². The number of rotatable bonds is 4. The van der Waals surface area contributed by atoms with E-state index in [9.17, 15) is 9.59 Å². The summed E-state index contributed by atoms with van der Waals surface area (Å²) in [5.41, 5.74) is 0.572. The van der Waals surface area contributed by atoms with E-state index < -0.39 is 0 Å². The van der Waals surface area contributed by atoms with Crippen LogP contribution in [0, 0.1) is 23.2 Å². The Morgan fingerprint density at radius 3 is 2.24 bits per heavy atom. The monoisotopic (exact) mass is 396 g/mol. The molecule has 4 saturated carbocycles. The van der Waals surface area contributed by atoms with E-state index >= 15 is 0 Å². The highest BCUT2D eigenvalue weighted by Gasteiger charge is 2.55. The van der Waals surface area contributed by atoms with E-state index in [0.717, 1.165) is 62.9 Å². The zero-order chi connectivity index (χ0) is 20.0. The van der Waals surface area contributed by atoms with Crippen LogP contribution in [0.15, 0.2) is 24.3 Å². The van der Waals surface area contributed by atoms with Crippen molar-refractivity contribution in [2.24, 2.45) is 23.2 Å². The normalized spacial score (nSPS) is 33.6. The molecule has 6 rings (SSSR count). The number of methoxy groups -OCH3 is 1. The molecular formula is C24H32N2O3. The molecule has 1 heterocycles. The van der Waals surface area contributed by atoms with E-state index in [0.29, 0.717) is 17.2 Å². The Labute approximate surface area is 173 Å². The van der Waals surface area contributed by atoms with E-state index in [4.69, 9.17) is 4.74 Å². The first kappa shape index (κ1) is 19.0. The minimum Gasteiger partial charge on any atom is -0.497 e. The fourth-order valence-electron chi connectivity index (χ4n) is 6.97. The number of carbonyl (C=O) groups excluding carboxylic acids is 2. The lowest BCUT2D eigenvalue weighted by molar-refractivity contribution is -0.158. The molecule has 29 heavy (non-hydrogen) atoms. The number of hydrogen-bond donors (Lipinski definition) is 1. The summed E-state index contributed by atoms with van der Waals surface area (Å²) in [6, 6.07) is 7.38. The highest BCUT2D eigenvalue weighted by molar-refractivity contribution is 5.94. The lowest BCUT2D eigenvalue weighted by Gasteiger charge is -2.57. The van der Waals surface area contributed by atoms with Crippen LogP contribution in [0.2, 0.25) is 0 Å². The molecule has 1 aromatic carbocycles. The van der Waals surface area contributed by atoms with Crippen molar-refractivity contribution in [3.63, 3.8) is 0 Å². The topological polar surface area (TPSA) is 58.6 Å². The number of nitrogens with zero attached hydrogens (tertiary/aromatic N) is 1. The van der Waals surface area contributed by atoms with Crippen molar-refractivity contribution in [1.29, 1.82) is 0 Å². The second-order valence-corrected chi connectivity index (χ2v) is 9.97. The van der Waals surface area contributed by atoms with Crippen LogP contribution < -0.4 is 10.1 Å². The first-order valence-electron chi connectivity index (χ1n) is 11.3. The molecule has 0 radical (unpaired) electrons. The van der Waals surface area contributed by atoms with E-state index in [1.165, 1.54) is 19.3 Å². The molecule has 4 bridgehead atoms. The predicted molar refractivity (Wildman–Crippen MR) is 111 cm³/mol. The molecular weight excluding hydrogens is 364 g/mol. The van der Waals surface area contributed by atoms with E-state index in [1.54, 1.807) is 13.2 Å². The van der Waals surface area contributed by atoms with Crippen molar-refractivity contribution >= 4 is 11.8 Å². The molecule has 0 unspecified atom stereocenters. The summed E-state index contributed by atoms with van der Waals surface area (Å²) in [5.74, 6) is 3.44. The Balaban J connectivity index is 1.18. The molecule has 5 fully saturated rings. The first-order valence-corrected chi connectivity index (χ1v) is 11.3. The molecule has 1 aromatic rings. The van der Waals surface area contributed by atoms with Gasteiger partial charge in [0.15, 0.2) is 0 Å². The summed E-state index contributed by atoms with van der Waals surface area (Å²) in [7, 11) is 1.60. The number of carbonyl (C=O) groups is 2. The number of nitrogens with one attached hydrogen (secondary N) is 1. The number of benzene rings is 1. The predicted octanol–water partition coefficient (Wildman–Crippen LogP) is 3.63. The number of hydrogen-bond acceptors (Lipinski definition) is 3. The fourth-order valence-corrected chi connectivity index (χ4v) is 6.97. The second kappa shape index (κ2) is 7.33. The molecule has 156 valence electrons. The summed E-state index contributed by atoms with van der Waals surface area (Å²) in [4.78, 5) is 28.2. The van der Waals surface area contributed by atoms with Crippen molar-refractivity contribution in [2.75, 3.05) is 20.2 Å². The molecule has 0 spiro atoms. The van der Waals surface area contributed by atoms with Crippen LogP contribution in [0.3, 0.4) is 0 Å². The van der Waals surface area contributed by atoms with Crippen molar-refractivity contribution in [1.82, 2.24) is 10.2 Å². The largest absolute Gasteiger partial charge is 0.497 e. The molecule has 1 aliphatic heterocycles. The van der Waals surface area contributed by atoms with Gasteiger partial charge < -0.3 is 15.0 Å². The highest BCUT2D eigenvalue weighted by atomic mass is 16.5. The number of piperidine rings is 1. The molecule has 5 aliphatic rings. The third kappa shape index (κ3) is 3.53. The molecule has 5 nitrogen and oxygen atoms in total. The van der Waals surface area contributed by atoms with Gasteiger partial charge in [0, 0.05) is 24.7 Å². The number of ether oxygens (including phenoxy) is 1. The van der Waals surface area contributed by atoms with Crippen LogP contribution in [0.5, 0.6) is 5.75 Å². The van der Waals surface area contributed by atoms with Crippen LogP contribution >= 0.6 is 0 Å². The molecule has 1 saturated heterocycles. The van der Waals surface area contributed by atoms with Gasteiger partial charge in [-0.3, -0.25) is 9.59 Å². The van der Waals surface area contributed by atoms with Crippen LogP contribution in [0.4, 0.5) is 0 Å². The number of likely N-dealkylation sites (tertiary alicyclic amines) is 1. The minimum atomic E-state index is -0.0604. The summed E-state index contributed by atoms with van der Waals surface area (Å²) < 4.78 is 5.21. The van der Waals surface area contributed by atoms with Crippen LogP contribution in [-0.2, 0) is 4.79 Å². The third-order valence-corrected chi connectivity index (χ3v) is 7.94. The Kier molecular flexibility index (Phi) is 4.79. The van der Waals surface area contributed by atoms with Gasteiger partial charge in [-0.1, -0.05) is 6.07 Å². The van der Waals surface area contributed by atoms with Gasteiger partial charge in [-0.15, -0.1) is 0 Å². The Morgan fingerprint density at radius 2 is 1.66 bits per heavy atom. The molecule has 0 aromatic heterocycles. The summed E-state index contributed by atoms with van der Waals surface area (Å²) in [6.07, 6.45) is 9.17. The van der Waals surface area contributed by atoms with Crippen molar-refractivity contribution in [3.05, 3.63) is 29.8 Å². The Morgan fingerprint density at radius 1 is 1.03 bits per heavy atom. The molecule has 5 heteroatoms. The maximum absolute atomic E-state index is 13.5. The van der Waals surface area contributed by atoms with Crippen molar-refractivity contribution in [2.45, 2.75) is 57.4 Å². The van der Waals surface area contributed by atoms with Gasteiger partial charge in [-0.2, -0.15) is 0 Å². The lowest BCUT2D eigenvalue weighted by Crippen LogP contribution is -2.56. The van der Waals surface area contributed by atoms with Gasteiger partial charge in [0.2, 0.25) is 5.91 Å². The zero-order valence-electron chi connectivity index (χ0n) is 17.4. The number of amides is 2. The van der Waals surface area contributed by atoms with Crippen LogP contribution in [0.25, 0.3) is 0 Å². The van der Waals surface area contributed by atoms with E-state index in [2.05, 4.69) is 10.2 Å². The van der Waals surface area contributed by atoms with Crippen LogP contribution in [-0.4, -0.2) is 43.0 Å². The first-order chi connectivity index (χ1) is 14.0. The fraction of sp³-hybridized carbons (Fsp3) is 0.667. The average molecular weight is 397 g/mol. The van der Waals surface area contributed by atoms with Gasteiger partial charge in [0.25, 0.3) is 5.91 Å². The summed E-state index contributed by atoms with van der Waals surface area (Å²) in [5, 5.41) is 3.15. The molecule has 0 atom stereocenters. The van der Waals surface area contributed by atoms with Crippen molar-refractivity contribution in [3.8, 4) is 5.75 Å². The lowest BCUT2D eigenvalue weighted by atomic mass is 9.49. The van der Waals surface area contributed by atoms with E-state index in [-0.39, 0.29) is 17.4 Å².